The summed E-state index contributed by atoms with van der Waals surface area (Å²) in [6.45, 7) is 3.91. The number of carbonyl (C=O) groups is 1. The zero-order valence-electron chi connectivity index (χ0n) is 22.0. The minimum absolute atomic E-state index is 0.0378. The molecule has 3 aromatic heterocycles. The minimum atomic E-state index is -1.17. The van der Waals surface area contributed by atoms with Gasteiger partial charge in [-0.05, 0) is 41.8 Å². The first-order valence-electron chi connectivity index (χ1n) is 12.6. The second-order valence-corrected chi connectivity index (χ2v) is 9.74. The number of carbonyl (C=O) groups excluding carboxylic acids is 1. The van der Waals surface area contributed by atoms with Crippen molar-refractivity contribution >= 4 is 16.8 Å². The highest BCUT2D eigenvalue weighted by Crippen LogP contribution is 2.37. The van der Waals surface area contributed by atoms with Crippen LogP contribution in [0.3, 0.4) is 0 Å². The van der Waals surface area contributed by atoms with Crippen LogP contribution in [0.1, 0.15) is 25.3 Å². The zero-order chi connectivity index (χ0) is 29.4. The third-order valence-electron chi connectivity index (χ3n) is 6.65. The number of hydrogen-bond acceptors (Lipinski definition) is 7. The Morgan fingerprint density at radius 3 is 2.59 bits per heavy atom. The van der Waals surface area contributed by atoms with Gasteiger partial charge in [-0.2, -0.15) is 9.49 Å². The van der Waals surface area contributed by atoms with E-state index in [9.17, 15) is 33.8 Å². The molecular formula is C27H26FN7O6. The molecule has 0 aliphatic heterocycles. The van der Waals surface area contributed by atoms with E-state index in [1.165, 1.54) is 10.6 Å². The number of fused-ring (bicyclic) bond motifs is 1. The summed E-state index contributed by atoms with van der Waals surface area (Å²) in [5, 5.41) is 30.7. The summed E-state index contributed by atoms with van der Waals surface area (Å²) in [7, 11) is 0. The Labute approximate surface area is 230 Å². The number of halogens is 1. The van der Waals surface area contributed by atoms with E-state index in [1.54, 1.807) is 29.2 Å². The van der Waals surface area contributed by atoms with Crippen molar-refractivity contribution in [1.29, 1.82) is 0 Å². The Bertz CT molecular complexity index is 1960. The van der Waals surface area contributed by atoms with Gasteiger partial charge in [-0.25, -0.2) is 19.3 Å². The van der Waals surface area contributed by atoms with Crippen LogP contribution >= 0.6 is 0 Å². The Morgan fingerprint density at radius 2 is 1.83 bits per heavy atom. The van der Waals surface area contributed by atoms with Crippen molar-refractivity contribution in [2.75, 3.05) is 6.54 Å². The van der Waals surface area contributed by atoms with E-state index >= 15 is 0 Å². The molecule has 212 valence electrons. The lowest BCUT2D eigenvalue weighted by atomic mass is 9.98. The van der Waals surface area contributed by atoms with Gasteiger partial charge in [0, 0.05) is 36.3 Å². The van der Waals surface area contributed by atoms with Gasteiger partial charge >= 0.3 is 11.4 Å². The summed E-state index contributed by atoms with van der Waals surface area (Å²) in [6, 6.07) is 9.97. The summed E-state index contributed by atoms with van der Waals surface area (Å²) < 4.78 is 17.4. The first-order valence-corrected chi connectivity index (χ1v) is 12.6. The molecular weight excluding hydrogens is 537 g/mol. The monoisotopic (exact) mass is 563 g/mol. The van der Waals surface area contributed by atoms with Crippen LogP contribution < -0.4 is 22.3 Å². The molecule has 0 unspecified atom stereocenters. The SMILES string of the molecule is CC(C)c1cc(-c2n[nH]c(=O)n2-c2ccc3c(ccn3CCNC(=O)Cn3cc(F)c(=O)[nH]c3=O)c2)c(O)cc1O. The Hall–Kier alpha value is -5.40. The fraction of sp³-hybridized carbons (Fsp3) is 0.222. The number of nitrogens with one attached hydrogen (secondary N) is 3. The van der Waals surface area contributed by atoms with Gasteiger partial charge in [0.25, 0.3) is 5.56 Å². The normalized spacial score (nSPS) is 11.4. The number of phenolic OH excluding ortho intramolecular Hbond substituents is 2. The maximum absolute atomic E-state index is 13.4. The van der Waals surface area contributed by atoms with Crippen molar-refractivity contribution < 1.29 is 19.4 Å². The quantitative estimate of drug-likeness (QED) is 0.190. The Morgan fingerprint density at radius 1 is 1.05 bits per heavy atom. The molecule has 0 atom stereocenters. The van der Waals surface area contributed by atoms with E-state index in [0.717, 1.165) is 15.5 Å². The summed E-state index contributed by atoms with van der Waals surface area (Å²) in [6.07, 6.45) is 2.49. The summed E-state index contributed by atoms with van der Waals surface area (Å²) in [5.41, 5.74) is -0.366. The Kier molecular flexibility index (Phi) is 7.05. The first-order chi connectivity index (χ1) is 19.5. The van der Waals surface area contributed by atoms with Crippen LogP contribution in [-0.2, 0) is 17.9 Å². The number of amides is 1. The van der Waals surface area contributed by atoms with Crippen LogP contribution in [0, 0.1) is 5.82 Å². The molecule has 5 rings (SSSR count). The van der Waals surface area contributed by atoms with Gasteiger partial charge in [0.05, 0.1) is 17.4 Å². The first kappa shape index (κ1) is 27.2. The van der Waals surface area contributed by atoms with Gasteiger partial charge in [0.1, 0.15) is 18.0 Å². The average molecular weight is 564 g/mol. The lowest BCUT2D eigenvalue weighted by Crippen LogP contribution is -2.37. The lowest BCUT2D eigenvalue weighted by molar-refractivity contribution is -0.121. The van der Waals surface area contributed by atoms with E-state index in [2.05, 4.69) is 15.5 Å². The number of benzene rings is 2. The van der Waals surface area contributed by atoms with Gasteiger partial charge in [0.2, 0.25) is 11.7 Å². The molecule has 0 fully saturated rings. The van der Waals surface area contributed by atoms with Gasteiger partial charge in [-0.3, -0.25) is 19.1 Å². The zero-order valence-corrected chi connectivity index (χ0v) is 22.0. The predicted octanol–water partition coefficient (Wildman–Crippen LogP) is 1.52. The molecule has 41 heavy (non-hydrogen) atoms. The Balaban J connectivity index is 1.35. The van der Waals surface area contributed by atoms with E-state index in [-0.39, 0.29) is 35.3 Å². The fourth-order valence-electron chi connectivity index (χ4n) is 4.60. The molecule has 0 saturated carbocycles. The van der Waals surface area contributed by atoms with Gasteiger partial charge < -0.3 is 20.1 Å². The highest BCUT2D eigenvalue weighted by atomic mass is 19.1. The standard InChI is InChI=1S/C27H26FN7O6/c1-14(2)17-10-18(22(37)11-21(17)36)24-31-32-27(41)35(24)16-3-4-20-15(9-16)5-7-33(20)8-6-29-23(38)13-34-12-19(28)25(39)30-26(34)40/h3-5,7,9-12,14,36-37H,6,8,13H2,1-2H3,(H,29,38)(H,32,41)(H,30,39,40). The molecule has 1 amide bonds. The fourth-order valence-corrected chi connectivity index (χ4v) is 4.60. The minimum Gasteiger partial charge on any atom is -0.508 e. The molecule has 0 spiro atoms. The number of hydrogen-bond donors (Lipinski definition) is 5. The van der Waals surface area contributed by atoms with Gasteiger partial charge in [-0.1, -0.05) is 13.8 Å². The van der Waals surface area contributed by atoms with Crippen LogP contribution in [0.25, 0.3) is 28.0 Å². The lowest BCUT2D eigenvalue weighted by Gasteiger charge is -2.13. The van der Waals surface area contributed by atoms with Crippen molar-refractivity contribution in [2.24, 2.45) is 0 Å². The molecule has 5 aromatic rings. The average Bonchev–Trinajstić information content (AvgIpc) is 3.49. The summed E-state index contributed by atoms with van der Waals surface area (Å²) in [5.74, 6) is -1.84. The van der Waals surface area contributed by atoms with Crippen LogP contribution in [0.4, 0.5) is 4.39 Å². The maximum atomic E-state index is 13.4. The second kappa shape index (κ2) is 10.6. The molecule has 13 nitrogen and oxygen atoms in total. The number of nitrogens with zero attached hydrogens (tertiary/aromatic N) is 4. The molecule has 0 bridgehead atoms. The second-order valence-electron chi connectivity index (χ2n) is 9.74. The molecule has 14 heteroatoms. The highest BCUT2D eigenvalue weighted by Gasteiger charge is 2.20. The van der Waals surface area contributed by atoms with Crippen LogP contribution in [0.5, 0.6) is 11.5 Å². The van der Waals surface area contributed by atoms with Crippen molar-refractivity contribution in [1.82, 2.24) is 34.2 Å². The van der Waals surface area contributed by atoms with E-state index < -0.39 is 35.2 Å². The van der Waals surface area contributed by atoms with Gasteiger partial charge in [-0.15, -0.1) is 0 Å². The molecule has 0 aliphatic rings. The highest BCUT2D eigenvalue weighted by molar-refractivity contribution is 5.83. The third-order valence-corrected chi connectivity index (χ3v) is 6.65. The van der Waals surface area contributed by atoms with Crippen molar-refractivity contribution in [2.45, 2.75) is 32.9 Å². The number of phenols is 2. The predicted molar refractivity (Wildman–Crippen MR) is 147 cm³/mol. The largest absolute Gasteiger partial charge is 0.508 e. The third kappa shape index (κ3) is 5.26. The molecule has 2 aromatic carbocycles. The maximum Gasteiger partial charge on any atom is 0.348 e. The number of aromatic nitrogens is 6. The van der Waals surface area contributed by atoms with Crippen LogP contribution in [0.15, 0.2) is 63.2 Å². The number of H-pyrrole nitrogens is 2. The van der Waals surface area contributed by atoms with Crippen LogP contribution in [0.2, 0.25) is 0 Å². The molecule has 0 radical (unpaired) electrons. The van der Waals surface area contributed by atoms with Crippen molar-refractivity contribution in [3.63, 3.8) is 0 Å². The molecule has 0 aliphatic carbocycles. The van der Waals surface area contributed by atoms with Crippen molar-refractivity contribution in [3.05, 3.63) is 91.5 Å². The van der Waals surface area contributed by atoms with Gasteiger partial charge in [0.15, 0.2) is 5.82 Å². The van der Waals surface area contributed by atoms with E-state index in [1.807, 2.05) is 30.7 Å². The number of aromatic amines is 2. The van der Waals surface area contributed by atoms with Crippen LogP contribution in [-0.4, -0.2) is 51.5 Å². The molecule has 3 heterocycles. The molecule has 0 saturated heterocycles. The molecule has 5 N–H and O–H groups in total. The smallest absolute Gasteiger partial charge is 0.348 e. The van der Waals surface area contributed by atoms with E-state index in [4.69, 9.17) is 0 Å². The number of aromatic hydroxyl groups is 2. The van der Waals surface area contributed by atoms with E-state index in [0.29, 0.717) is 24.0 Å². The van der Waals surface area contributed by atoms with Crippen molar-refractivity contribution in [3.8, 4) is 28.6 Å². The number of rotatable bonds is 8. The summed E-state index contributed by atoms with van der Waals surface area (Å²) >= 11 is 0. The topological polar surface area (TPSA) is 180 Å². The summed E-state index contributed by atoms with van der Waals surface area (Å²) in [4.78, 5) is 49.7.